The summed E-state index contributed by atoms with van der Waals surface area (Å²) in [6.07, 6.45) is 0. The lowest BCUT2D eigenvalue weighted by atomic mass is 10.3. The van der Waals surface area contributed by atoms with Crippen LogP contribution in [0.1, 0.15) is 11.4 Å². The van der Waals surface area contributed by atoms with E-state index >= 15 is 0 Å². The summed E-state index contributed by atoms with van der Waals surface area (Å²) in [6.45, 7) is 2.56. The SMILES string of the molecule is Cc1nn(C)c(CNc2ccc(F)cc2Br)c1Br. The Morgan fingerprint density at radius 2 is 2.11 bits per heavy atom. The third-order valence-corrected chi connectivity index (χ3v) is 4.33. The number of rotatable bonds is 3. The van der Waals surface area contributed by atoms with Crippen molar-refractivity contribution in [3.63, 3.8) is 0 Å². The minimum absolute atomic E-state index is 0.259. The molecule has 0 bridgehead atoms. The number of benzene rings is 1. The van der Waals surface area contributed by atoms with Crippen LogP contribution in [0.3, 0.4) is 0 Å². The van der Waals surface area contributed by atoms with Crippen LogP contribution < -0.4 is 5.32 Å². The average molecular weight is 377 g/mol. The van der Waals surface area contributed by atoms with Crippen molar-refractivity contribution in [1.29, 1.82) is 0 Å². The van der Waals surface area contributed by atoms with Crippen molar-refractivity contribution in [3.8, 4) is 0 Å². The lowest BCUT2D eigenvalue weighted by Crippen LogP contribution is -2.06. The lowest BCUT2D eigenvalue weighted by molar-refractivity contribution is 0.627. The third kappa shape index (κ3) is 2.75. The first-order chi connectivity index (χ1) is 8.49. The molecule has 18 heavy (non-hydrogen) atoms. The van der Waals surface area contributed by atoms with Gasteiger partial charge in [-0.2, -0.15) is 5.10 Å². The number of hydrogen-bond acceptors (Lipinski definition) is 2. The van der Waals surface area contributed by atoms with Gasteiger partial charge in [-0.1, -0.05) is 0 Å². The van der Waals surface area contributed by atoms with Crippen LogP contribution in [0.2, 0.25) is 0 Å². The van der Waals surface area contributed by atoms with Crippen molar-refractivity contribution in [2.45, 2.75) is 13.5 Å². The quantitative estimate of drug-likeness (QED) is 0.877. The molecule has 0 radical (unpaired) electrons. The van der Waals surface area contributed by atoms with Gasteiger partial charge in [0.1, 0.15) is 5.82 Å². The second-order valence-corrected chi connectivity index (χ2v) is 5.59. The van der Waals surface area contributed by atoms with Crippen LogP contribution in [0.15, 0.2) is 27.1 Å². The number of aryl methyl sites for hydroxylation is 2. The first-order valence-corrected chi connectivity index (χ1v) is 6.94. The van der Waals surface area contributed by atoms with Gasteiger partial charge in [-0.15, -0.1) is 0 Å². The zero-order chi connectivity index (χ0) is 13.3. The van der Waals surface area contributed by atoms with Gasteiger partial charge in [-0.25, -0.2) is 4.39 Å². The monoisotopic (exact) mass is 375 g/mol. The lowest BCUT2D eigenvalue weighted by Gasteiger charge is -2.09. The maximum Gasteiger partial charge on any atom is 0.124 e. The molecule has 0 unspecified atom stereocenters. The Morgan fingerprint density at radius 1 is 1.39 bits per heavy atom. The van der Waals surface area contributed by atoms with Gasteiger partial charge in [-0.05, 0) is 57.0 Å². The maximum absolute atomic E-state index is 13.0. The summed E-state index contributed by atoms with van der Waals surface area (Å²) in [7, 11) is 1.90. The van der Waals surface area contributed by atoms with E-state index < -0.39 is 0 Å². The second kappa shape index (κ2) is 5.40. The molecular weight excluding hydrogens is 365 g/mol. The molecule has 96 valence electrons. The van der Waals surface area contributed by atoms with Crippen molar-refractivity contribution in [1.82, 2.24) is 9.78 Å². The Kier molecular flexibility index (Phi) is 4.07. The van der Waals surface area contributed by atoms with Crippen LogP contribution in [-0.4, -0.2) is 9.78 Å². The Labute approximate surface area is 122 Å². The van der Waals surface area contributed by atoms with Crippen molar-refractivity contribution < 1.29 is 4.39 Å². The molecule has 0 saturated heterocycles. The molecule has 0 aliphatic rings. The molecule has 6 heteroatoms. The number of anilines is 1. The molecule has 2 rings (SSSR count). The van der Waals surface area contributed by atoms with E-state index in [1.54, 1.807) is 6.07 Å². The van der Waals surface area contributed by atoms with Crippen molar-refractivity contribution in [3.05, 3.63) is 44.3 Å². The average Bonchev–Trinajstić information content (AvgIpc) is 2.53. The summed E-state index contributed by atoms with van der Waals surface area (Å²) < 4.78 is 16.5. The Bertz CT molecular complexity index is 581. The highest BCUT2D eigenvalue weighted by atomic mass is 79.9. The molecule has 0 spiro atoms. The Balaban J connectivity index is 2.16. The van der Waals surface area contributed by atoms with Crippen LogP contribution >= 0.6 is 31.9 Å². The summed E-state index contributed by atoms with van der Waals surface area (Å²) in [4.78, 5) is 0. The minimum atomic E-state index is -0.259. The van der Waals surface area contributed by atoms with Crippen LogP contribution in [0.25, 0.3) is 0 Å². The number of aromatic nitrogens is 2. The molecule has 1 aromatic carbocycles. The fourth-order valence-corrected chi connectivity index (χ4v) is 2.65. The first-order valence-electron chi connectivity index (χ1n) is 5.36. The van der Waals surface area contributed by atoms with Gasteiger partial charge in [0.15, 0.2) is 0 Å². The van der Waals surface area contributed by atoms with Gasteiger partial charge in [0.25, 0.3) is 0 Å². The predicted octanol–water partition coefficient (Wildman–Crippen LogP) is 4.00. The fourth-order valence-electron chi connectivity index (χ4n) is 1.68. The summed E-state index contributed by atoms with van der Waals surface area (Å²) >= 11 is 6.84. The van der Waals surface area contributed by atoms with Crippen molar-refractivity contribution in [2.75, 3.05) is 5.32 Å². The van der Waals surface area contributed by atoms with E-state index in [1.165, 1.54) is 12.1 Å². The van der Waals surface area contributed by atoms with E-state index in [-0.39, 0.29) is 5.82 Å². The largest absolute Gasteiger partial charge is 0.378 e. The highest BCUT2D eigenvalue weighted by molar-refractivity contribution is 9.11. The Hall–Kier alpha value is -0.880. The molecule has 0 aliphatic carbocycles. The first kappa shape index (κ1) is 13.5. The normalized spacial score (nSPS) is 10.7. The molecule has 1 N–H and O–H groups in total. The fraction of sp³-hybridized carbons (Fsp3) is 0.250. The van der Waals surface area contributed by atoms with Crippen LogP contribution in [-0.2, 0) is 13.6 Å². The zero-order valence-corrected chi connectivity index (χ0v) is 13.1. The molecular formula is C12H12Br2FN3. The molecule has 1 heterocycles. The topological polar surface area (TPSA) is 29.9 Å². The van der Waals surface area contributed by atoms with Crippen molar-refractivity contribution >= 4 is 37.5 Å². The van der Waals surface area contributed by atoms with Gasteiger partial charge in [-0.3, -0.25) is 4.68 Å². The zero-order valence-electron chi connectivity index (χ0n) is 9.97. The van der Waals surface area contributed by atoms with Crippen molar-refractivity contribution in [2.24, 2.45) is 7.05 Å². The van der Waals surface area contributed by atoms with Crippen LogP contribution in [0.4, 0.5) is 10.1 Å². The molecule has 0 atom stereocenters. The van der Waals surface area contributed by atoms with Gasteiger partial charge in [0.2, 0.25) is 0 Å². The van der Waals surface area contributed by atoms with Crippen LogP contribution in [0, 0.1) is 12.7 Å². The van der Waals surface area contributed by atoms with E-state index in [2.05, 4.69) is 42.3 Å². The van der Waals surface area contributed by atoms with Gasteiger partial charge in [0, 0.05) is 17.2 Å². The molecule has 0 aliphatic heterocycles. The molecule has 2 aromatic rings. The standard InChI is InChI=1S/C12H12Br2FN3/c1-7-12(14)11(18(2)17-7)6-16-10-4-3-8(15)5-9(10)13/h3-5,16H,6H2,1-2H3. The summed E-state index contributed by atoms with van der Waals surface area (Å²) in [5.41, 5.74) is 2.85. The minimum Gasteiger partial charge on any atom is -0.378 e. The molecule has 3 nitrogen and oxygen atoms in total. The summed E-state index contributed by atoms with van der Waals surface area (Å²) in [5, 5.41) is 7.56. The van der Waals surface area contributed by atoms with E-state index in [0.717, 1.165) is 21.5 Å². The number of halogens is 3. The van der Waals surface area contributed by atoms with E-state index in [9.17, 15) is 4.39 Å². The third-order valence-electron chi connectivity index (χ3n) is 2.64. The van der Waals surface area contributed by atoms with Crippen LogP contribution in [0.5, 0.6) is 0 Å². The Morgan fingerprint density at radius 3 is 2.67 bits per heavy atom. The van der Waals surface area contributed by atoms with E-state index in [4.69, 9.17) is 0 Å². The predicted molar refractivity (Wildman–Crippen MR) is 77.1 cm³/mol. The van der Waals surface area contributed by atoms with E-state index in [0.29, 0.717) is 11.0 Å². The highest BCUT2D eigenvalue weighted by Gasteiger charge is 2.10. The molecule has 0 saturated carbocycles. The second-order valence-electron chi connectivity index (χ2n) is 3.95. The van der Waals surface area contributed by atoms with Gasteiger partial charge >= 0.3 is 0 Å². The number of hydrogen-bond donors (Lipinski definition) is 1. The van der Waals surface area contributed by atoms with E-state index in [1.807, 2.05) is 18.7 Å². The summed E-state index contributed by atoms with van der Waals surface area (Å²) in [6, 6.07) is 4.57. The number of nitrogens with zero attached hydrogens (tertiary/aromatic N) is 2. The van der Waals surface area contributed by atoms with Gasteiger partial charge < -0.3 is 5.32 Å². The van der Waals surface area contributed by atoms with Gasteiger partial charge in [0.05, 0.1) is 22.4 Å². The smallest absolute Gasteiger partial charge is 0.124 e. The summed E-state index contributed by atoms with van der Waals surface area (Å²) in [5.74, 6) is -0.259. The maximum atomic E-state index is 13.0. The molecule has 0 amide bonds. The number of nitrogens with one attached hydrogen (secondary N) is 1. The highest BCUT2D eigenvalue weighted by Crippen LogP contribution is 2.25. The molecule has 1 aromatic heterocycles. The molecule has 0 fully saturated rings.